The van der Waals surface area contributed by atoms with Crippen LogP contribution in [0.3, 0.4) is 0 Å². The molecule has 1 aliphatic rings. The third kappa shape index (κ3) is 4.27. The number of nitrogens with one attached hydrogen (secondary N) is 1. The molecule has 2 aromatic rings. The molecule has 1 unspecified atom stereocenters. The predicted molar refractivity (Wildman–Crippen MR) is 106 cm³/mol. The predicted octanol–water partition coefficient (Wildman–Crippen LogP) is 5.11. The fourth-order valence-corrected chi connectivity index (χ4v) is 3.55. The van der Waals surface area contributed by atoms with E-state index in [9.17, 15) is 4.79 Å². The first-order chi connectivity index (χ1) is 12.5. The van der Waals surface area contributed by atoms with Crippen LogP contribution in [-0.4, -0.2) is 28.5 Å². The van der Waals surface area contributed by atoms with Crippen LogP contribution < -0.4 is 10.2 Å². The third-order valence-corrected chi connectivity index (χ3v) is 5.35. The lowest BCUT2D eigenvalue weighted by atomic mass is 10.0. The summed E-state index contributed by atoms with van der Waals surface area (Å²) in [5, 5.41) is 3.65. The number of rotatable bonds is 4. The lowest BCUT2D eigenvalue weighted by molar-refractivity contribution is 0.102. The topological polar surface area (TPSA) is 58.1 Å². The lowest BCUT2D eigenvalue weighted by Gasteiger charge is -2.35. The number of anilines is 2. The molecule has 1 saturated heterocycles. The quantitative estimate of drug-likeness (QED) is 0.784. The van der Waals surface area contributed by atoms with Gasteiger partial charge in [-0.05, 0) is 56.9 Å². The number of piperidine rings is 1. The standard InChI is InChI=1S/C19H22Cl2N4O/c1-3-14-6-4-5-9-25(14)19-22-12(2)10-17(24-19)18(26)23-13-7-8-15(20)16(21)11-13/h7-8,10-11,14H,3-6,9H2,1-2H3,(H,23,26). The van der Waals surface area contributed by atoms with Crippen LogP contribution in [-0.2, 0) is 0 Å². The van der Waals surface area contributed by atoms with E-state index in [0.29, 0.717) is 33.4 Å². The van der Waals surface area contributed by atoms with Crippen LogP contribution in [0, 0.1) is 6.92 Å². The van der Waals surface area contributed by atoms with E-state index in [1.807, 2.05) is 6.92 Å². The van der Waals surface area contributed by atoms with Gasteiger partial charge < -0.3 is 10.2 Å². The number of aryl methyl sites for hydroxylation is 1. The maximum atomic E-state index is 12.7. The molecule has 5 nitrogen and oxygen atoms in total. The molecule has 138 valence electrons. The molecule has 1 N–H and O–H groups in total. The lowest BCUT2D eigenvalue weighted by Crippen LogP contribution is -2.40. The van der Waals surface area contributed by atoms with Gasteiger partial charge in [0.15, 0.2) is 0 Å². The van der Waals surface area contributed by atoms with Crippen molar-refractivity contribution in [3.8, 4) is 0 Å². The third-order valence-electron chi connectivity index (χ3n) is 4.61. The normalized spacial score (nSPS) is 17.2. The molecular formula is C19H22Cl2N4O. The first kappa shape index (κ1) is 18.9. The Morgan fingerprint density at radius 2 is 2.04 bits per heavy atom. The molecule has 1 amide bonds. The number of carbonyl (C=O) groups excluding carboxylic acids is 1. The Balaban J connectivity index is 1.84. The molecule has 1 fully saturated rings. The van der Waals surface area contributed by atoms with E-state index in [1.165, 1.54) is 6.42 Å². The van der Waals surface area contributed by atoms with Crippen LogP contribution in [0.5, 0.6) is 0 Å². The van der Waals surface area contributed by atoms with Gasteiger partial charge in [0.05, 0.1) is 10.0 Å². The summed E-state index contributed by atoms with van der Waals surface area (Å²) in [6, 6.07) is 7.10. The zero-order valence-electron chi connectivity index (χ0n) is 14.9. The van der Waals surface area contributed by atoms with E-state index >= 15 is 0 Å². The van der Waals surface area contributed by atoms with Gasteiger partial charge in [0, 0.05) is 24.0 Å². The molecule has 1 aliphatic heterocycles. The van der Waals surface area contributed by atoms with Crippen molar-refractivity contribution in [1.29, 1.82) is 0 Å². The molecule has 1 aromatic carbocycles. The number of aromatic nitrogens is 2. The number of hydrogen-bond donors (Lipinski definition) is 1. The summed E-state index contributed by atoms with van der Waals surface area (Å²) in [5.41, 5.74) is 1.69. The number of halogens is 2. The SMILES string of the molecule is CCC1CCCCN1c1nc(C)cc(C(=O)Nc2ccc(Cl)c(Cl)c2)n1. The summed E-state index contributed by atoms with van der Waals surface area (Å²) in [5.74, 6) is 0.344. The zero-order chi connectivity index (χ0) is 18.7. The van der Waals surface area contributed by atoms with Gasteiger partial charge in [-0.3, -0.25) is 4.79 Å². The van der Waals surface area contributed by atoms with Crippen LogP contribution in [0.15, 0.2) is 24.3 Å². The van der Waals surface area contributed by atoms with Crippen molar-refractivity contribution in [2.75, 3.05) is 16.8 Å². The molecular weight excluding hydrogens is 371 g/mol. The van der Waals surface area contributed by atoms with E-state index in [1.54, 1.807) is 24.3 Å². The molecule has 0 saturated carbocycles. The van der Waals surface area contributed by atoms with Crippen molar-refractivity contribution < 1.29 is 4.79 Å². The highest BCUT2D eigenvalue weighted by Crippen LogP contribution is 2.26. The first-order valence-electron chi connectivity index (χ1n) is 8.86. The van der Waals surface area contributed by atoms with Crippen molar-refractivity contribution in [2.45, 2.75) is 45.6 Å². The smallest absolute Gasteiger partial charge is 0.274 e. The number of nitrogens with zero attached hydrogens (tertiary/aromatic N) is 3. The Hall–Kier alpha value is -1.85. The van der Waals surface area contributed by atoms with Crippen LogP contribution >= 0.6 is 23.2 Å². The highest BCUT2D eigenvalue weighted by molar-refractivity contribution is 6.42. The summed E-state index contributed by atoms with van der Waals surface area (Å²) in [4.78, 5) is 24.0. The fraction of sp³-hybridized carbons (Fsp3) is 0.421. The van der Waals surface area contributed by atoms with Crippen molar-refractivity contribution in [1.82, 2.24) is 9.97 Å². The van der Waals surface area contributed by atoms with Gasteiger partial charge in [-0.1, -0.05) is 30.1 Å². The van der Waals surface area contributed by atoms with Gasteiger partial charge in [0.1, 0.15) is 5.69 Å². The van der Waals surface area contributed by atoms with E-state index in [4.69, 9.17) is 23.2 Å². The highest BCUT2D eigenvalue weighted by atomic mass is 35.5. The molecule has 0 aliphatic carbocycles. The molecule has 0 spiro atoms. The second kappa shape index (κ2) is 8.23. The van der Waals surface area contributed by atoms with Crippen molar-refractivity contribution in [2.24, 2.45) is 0 Å². The maximum Gasteiger partial charge on any atom is 0.274 e. The summed E-state index contributed by atoms with van der Waals surface area (Å²) in [6.07, 6.45) is 4.53. The second-order valence-electron chi connectivity index (χ2n) is 6.53. The van der Waals surface area contributed by atoms with Crippen LogP contribution in [0.4, 0.5) is 11.6 Å². The number of amides is 1. The highest BCUT2D eigenvalue weighted by Gasteiger charge is 2.24. The van der Waals surface area contributed by atoms with Crippen molar-refractivity contribution in [3.63, 3.8) is 0 Å². The van der Waals surface area contributed by atoms with E-state index in [2.05, 4.69) is 27.1 Å². The summed E-state index contributed by atoms with van der Waals surface area (Å²) in [7, 11) is 0. The van der Waals surface area contributed by atoms with Gasteiger partial charge in [-0.15, -0.1) is 0 Å². The molecule has 7 heteroatoms. The Morgan fingerprint density at radius 3 is 2.77 bits per heavy atom. The monoisotopic (exact) mass is 392 g/mol. The van der Waals surface area contributed by atoms with E-state index < -0.39 is 0 Å². The van der Waals surface area contributed by atoms with Crippen LogP contribution in [0.2, 0.25) is 10.0 Å². The molecule has 1 atom stereocenters. The fourth-order valence-electron chi connectivity index (χ4n) is 3.25. The summed E-state index contributed by atoms with van der Waals surface area (Å²) >= 11 is 11.9. The van der Waals surface area contributed by atoms with E-state index in [-0.39, 0.29) is 5.91 Å². The average molecular weight is 393 g/mol. The Bertz CT molecular complexity index is 812. The van der Waals surface area contributed by atoms with Gasteiger partial charge >= 0.3 is 0 Å². The minimum atomic E-state index is -0.291. The number of carbonyl (C=O) groups is 1. The minimum Gasteiger partial charge on any atom is -0.338 e. The van der Waals surface area contributed by atoms with E-state index in [0.717, 1.165) is 31.5 Å². The average Bonchev–Trinajstić information content (AvgIpc) is 2.64. The zero-order valence-corrected chi connectivity index (χ0v) is 16.4. The van der Waals surface area contributed by atoms with Gasteiger partial charge in [0.25, 0.3) is 5.91 Å². The van der Waals surface area contributed by atoms with Gasteiger partial charge in [-0.25, -0.2) is 9.97 Å². The molecule has 0 bridgehead atoms. The van der Waals surface area contributed by atoms with Gasteiger partial charge in [0.2, 0.25) is 5.95 Å². The number of benzene rings is 1. The molecule has 2 heterocycles. The molecule has 26 heavy (non-hydrogen) atoms. The molecule has 3 rings (SSSR count). The maximum absolute atomic E-state index is 12.7. The Labute approximate surface area is 163 Å². The summed E-state index contributed by atoms with van der Waals surface area (Å²) in [6.45, 7) is 4.98. The molecule has 0 radical (unpaired) electrons. The van der Waals surface area contributed by atoms with Crippen molar-refractivity contribution in [3.05, 3.63) is 45.7 Å². The summed E-state index contributed by atoms with van der Waals surface area (Å²) < 4.78 is 0. The van der Waals surface area contributed by atoms with Crippen molar-refractivity contribution >= 4 is 40.7 Å². The number of hydrogen-bond acceptors (Lipinski definition) is 4. The largest absolute Gasteiger partial charge is 0.338 e. The minimum absolute atomic E-state index is 0.291. The van der Waals surface area contributed by atoms with Crippen LogP contribution in [0.25, 0.3) is 0 Å². The first-order valence-corrected chi connectivity index (χ1v) is 9.62. The Kier molecular flexibility index (Phi) is 5.99. The Morgan fingerprint density at radius 1 is 1.23 bits per heavy atom. The van der Waals surface area contributed by atoms with Crippen LogP contribution in [0.1, 0.15) is 48.8 Å². The second-order valence-corrected chi connectivity index (χ2v) is 7.34. The molecule has 1 aromatic heterocycles. The van der Waals surface area contributed by atoms with Gasteiger partial charge in [-0.2, -0.15) is 0 Å².